The van der Waals surface area contributed by atoms with Crippen LogP contribution in [0.25, 0.3) is 0 Å². The lowest BCUT2D eigenvalue weighted by Crippen LogP contribution is -2.44. The van der Waals surface area contributed by atoms with Crippen LogP contribution in [0.2, 0.25) is 0 Å². The van der Waals surface area contributed by atoms with E-state index in [4.69, 9.17) is 4.74 Å². The highest BCUT2D eigenvalue weighted by molar-refractivity contribution is 5.78. The topological polar surface area (TPSA) is 50.4 Å². The first-order chi connectivity index (χ1) is 9.88. The summed E-state index contributed by atoms with van der Waals surface area (Å²) in [5, 5.41) is 6.32. The van der Waals surface area contributed by atoms with Gasteiger partial charge in [-0.25, -0.2) is 0 Å². The first kappa shape index (κ1) is 17.5. The molecule has 0 saturated carbocycles. The predicted molar refractivity (Wildman–Crippen MR) is 86.5 cm³/mol. The molecule has 0 aromatic heterocycles. The Morgan fingerprint density at radius 3 is 2.67 bits per heavy atom. The van der Waals surface area contributed by atoms with Crippen LogP contribution in [-0.4, -0.2) is 24.6 Å². The van der Waals surface area contributed by atoms with Crippen molar-refractivity contribution in [3.8, 4) is 5.75 Å². The van der Waals surface area contributed by atoms with E-state index in [0.717, 1.165) is 24.3 Å². The predicted octanol–water partition coefficient (Wildman–Crippen LogP) is 3.04. The summed E-state index contributed by atoms with van der Waals surface area (Å²) in [5.41, 5.74) is 0.964. The summed E-state index contributed by atoms with van der Waals surface area (Å²) in [6.45, 7) is 11.2. The average Bonchev–Trinajstić information content (AvgIpc) is 2.45. The Bertz CT molecular complexity index is 458. The van der Waals surface area contributed by atoms with E-state index in [-0.39, 0.29) is 24.1 Å². The molecule has 118 valence electrons. The molecule has 0 radical (unpaired) electrons. The number of ether oxygens (including phenoxy) is 1. The van der Waals surface area contributed by atoms with E-state index < -0.39 is 0 Å². The lowest BCUT2D eigenvalue weighted by atomic mass is 10.0. The largest absolute Gasteiger partial charge is 0.484 e. The van der Waals surface area contributed by atoms with Gasteiger partial charge in [0.05, 0.1) is 0 Å². The van der Waals surface area contributed by atoms with Crippen LogP contribution in [-0.2, 0) is 4.79 Å². The molecule has 0 aliphatic rings. The molecule has 0 aliphatic heterocycles. The van der Waals surface area contributed by atoms with Crippen molar-refractivity contribution in [1.29, 1.82) is 0 Å². The van der Waals surface area contributed by atoms with E-state index in [1.54, 1.807) is 0 Å². The van der Waals surface area contributed by atoms with Crippen LogP contribution >= 0.6 is 0 Å². The van der Waals surface area contributed by atoms with Gasteiger partial charge in [0.1, 0.15) is 5.75 Å². The molecule has 21 heavy (non-hydrogen) atoms. The Morgan fingerprint density at radius 2 is 2.05 bits per heavy atom. The monoisotopic (exact) mass is 292 g/mol. The van der Waals surface area contributed by atoms with Gasteiger partial charge in [-0.05, 0) is 51.4 Å². The SMILES string of the molecule is CCNC(C)c1cccc(OCC(=O)NC(C)(C)CC)c1. The first-order valence-electron chi connectivity index (χ1n) is 7.65. The smallest absolute Gasteiger partial charge is 0.258 e. The Balaban J connectivity index is 2.56. The van der Waals surface area contributed by atoms with Gasteiger partial charge < -0.3 is 15.4 Å². The van der Waals surface area contributed by atoms with Crippen molar-refractivity contribution in [2.75, 3.05) is 13.2 Å². The maximum absolute atomic E-state index is 11.9. The average molecular weight is 292 g/mol. The van der Waals surface area contributed by atoms with E-state index in [9.17, 15) is 4.79 Å². The normalized spacial score (nSPS) is 12.8. The van der Waals surface area contributed by atoms with Gasteiger partial charge in [0, 0.05) is 11.6 Å². The maximum Gasteiger partial charge on any atom is 0.258 e. The lowest BCUT2D eigenvalue weighted by Gasteiger charge is -2.24. The molecule has 0 fully saturated rings. The Labute approximate surface area is 128 Å². The molecule has 1 unspecified atom stereocenters. The number of hydrogen-bond acceptors (Lipinski definition) is 3. The van der Waals surface area contributed by atoms with E-state index in [0.29, 0.717) is 0 Å². The number of rotatable bonds is 8. The number of nitrogens with one attached hydrogen (secondary N) is 2. The quantitative estimate of drug-likeness (QED) is 0.774. The number of amides is 1. The van der Waals surface area contributed by atoms with Crippen LogP contribution in [0.15, 0.2) is 24.3 Å². The zero-order valence-corrected chi connectivity index (χ0v) is 13.8. The molecule has 0 heterocycles. The highest BCUT2D eigenvalue weighted by Gasteiger charge is 2.17. The number of benzene rings is 1. The molecule has 0 aliphatic carbocycles. The fourth-order valence-corrected chi connectivity index (χ4v) is 1.95. The van der Waals surface area contributed by atoms with Crippen LogP contribution in [0.3, 0.4) is 0 Å². The van der Waals surface area contributed by atoms with Crippen molar-refractivity contribution in [2.45, 2.75) is 52.6 Å². The third-order valence-corrected chi connectivity index (χ3v) is 3.60. The van der Waals surface area contributed by atoms with Crippen molar-refractivity contribution in [2.24, 2.45) is 0 Å². The van der Waals surface area contributed by atoms with Gasteiger partial charge in [0.15, 0.2) is 6.61 Å². The molecular weight excluding hydrogens is 264 g/mol. The second-order valence-corrected chi connectivity index (χ2v) is 5.93. The molecule has 1 rings (SSSR count). The highest BCUT2D eigenvalue weighted by atomic mass is 16.5. The molecule has 1 aromatic rings. The molecule has 1 amide bonds. The second-order valence-electron chi connectivity index (χ2n) is 5.93. The van der Waals surface area contributed by atoms with E-state index >= 15 is 0 Å². The first-order valence-corrected chi connectivity index (χ1v) is 7.65. The molecule has 4 nitrogen and oxygen atoms in total. The van der Waals surface area contributed by atoms with Crippen LogP contribution in [0.5, 0.6) is 5.75 Å². The third-order valence-electron chi connectivity index (χ3n) is 3.60. The van der Waals surface area contributed by atoms with Crippen LogP contribution in [0.4, 0.5) is 0 Å². The minimum atomic E-state index is -0.193. The highest BCUT2D eigenvalue weighted by Crippen LogP contribution is 2.19. The van der Waals surface area contributed by atoms with Crippen molar-refractivity contribution in [1.82, 2.24) is 10.6 Å². The molecule has 0 saturated heterocycles. The van der Waals surface area contributed by atoms with Crippen LogP contribution < -0.4 is 15.4 Å². The molecule has 1 atom stereocenters. The Hall–Kier alpha value is -1.55. The van der Waals surface area contributed by atoms with E-state index in [1.807, 2.05) is 39.0 Å². The van der Waals surface area contributed by atoms with Gasteiger partial charge >= 0.3 is 0 Å². The number of carbonyl (C=O) groups excluding carboxylic acids is 1. The van der Waals surface area contributed by atoms with Gasteiger partial charge in [-0.2, -0.15) is 0 Å². The molecule has 2 N–H and O–H groups in total. The summed E-state index contributed by atoms with van der Waals surface area (Å²) >= 11 is 0. The Morgan fingerprint density at radius 1 is 1.33 bits per heavy atom. The summed E-state index contributed by atoms with van der Waals surface area (Å²) in [7, 11) is 0. The molecule has 1 aromatic carbocycles. The van der Waals surface area contributed by atoms with Gasteiger partial charge in [-0.1, -0.05) is 26.0 Å². The Kier molecular flexibility index (Phi) is 6.69. The molecule has 0 bridgehead atoms. The number of carbonyl (C=O) groups is 1. The second kappa shape index (κ2) is 8.03. The van der Waals surface area contributed by atoms with Crippen molar-refractivity contribution in [3.05, 3.63) is 29.8 Å². The standard InChI is InChI=1S/C17H28N2O2/c1-6-17(4,5)19-16(20)12-21-15-10-8-9-14(11-15)13(3)18-7-2/h8-11,13,18H,6-7,12H2,1-5H3,(H,19,20). The minimum absolute atomic E-state index is 0.0441. The van der Waals surface area contributed by atoms with Gasteiger partial charge in [0.25, 0.3) is 5.91 Å². The summed E-state index contributed by atoms with van der Waals surface area (Å²) in [6.07, 6.45) is 0.883. The molecular formula is C17H28N2O2. The molecule has 4 heteroatoms. The fourth-order valence-electron chi connectivity index (χ4n) is 1.95. The van der Waals surface area contributed by atoms with Crippen molar-refractivity contribution < 1.29 is 9.53 Å². The zero-order chi connectivity index (χ0) is 15.9. The van der Waals surface area contributed by atoms with E-state index in [2.05, 4.69) is 30.5 Å². The van der Waals surface area contributed by atoms with Gasteiger partial charge in [0.2, 0.25) is 0 Å². The van der Waals surface area contributed by atoms with E-state index in [1.165, 1.54) is 0 Å². The third kappa shape index (κ3) is 6.17. The van der Waals surface area contributed by atoms with Crippen LogP contribution in [0.1, 0.15) is 52.6 Å². The van der Waals surface area contributed by atoms with Gasteiger partial charge in [-0.3, -0.25) is 4.79 Å². The summed E-state index contributed by atoms with van der Waals surface area (Å²) in [5.74, 6) is 0.633. The van der Waals surface area contributed by atoms with Crippen LogP contribution in [0, 0.1) is 0 Å². The summed E-state index contributed by atoms with van der Waals surface area (Å²) in [6, 6.07) is 8.13. The minimum Gasteiger partial charge on any atom is -0.484 e. The van der Waals surface area contributed by atoms with Gasteiger partial charge in [-0.15, -0.1) is 0 Å². The summed E-state index contributed by atoms with van der Waals surface area (Å²) in [4.78, 5) is 11.9. The van der Waals surface area contributed by atoms with Crippen molar-refractivity contribution in [3.63, 3.8) is 0 Å². The van der Waals surface area contributed by atoms with Crippen molar-refractivity contribution >= 4 is 5.91 Å². The number of hydrogen-bond donors (Lipinski definition) is 2. The maximum atomic E-state index is 11.9. The lowest BCUT2D eigenvalue weighted by molar-refractivity contribution is -0.124. The zero-order valence-electron chi connectivity index (χ0n) is 13.8. The fraction of sp³-hybridized carbons (Fsp3) is 0.588. The molecule has 0 spiro atoms. The summed E-state index contributed by atoms with van der Waals surface area (Å²) < 4.78 is 5.59.